The van der Waals surface area contributed by atoms with Gasteiger partial charge >= 0.3 is 0 Å². The Balaban J connectivity index is 1.82. The van der Waals surface area contributed by atoms with Crippen LogP contribution in [0.5, 0.6) is 0 Å². The van der Waals surface area contributed by atoms with Crippen molar-refractivity contribution in [3.05, 3.63) is 81.8 Å². The smallest absolute Gasteiger partial charge is 0.272 e. The number of nitrogens with zero attached hydrogens (tertiary/aromatic N) is 4. The van der Waals surface area contributed by atoms with Gasteiger partial charge in [-0.2, -0.15) is 10.2 Å². The summed E-state index contributed by atoms with van der Waals surface area (Å²) in [6.45, 7) is 0. The highest BCUT2D eigenvalue weighted by molar-refractivity contribution is 5.96. The van der Waals surface area contributed by atoms with Crippen LogP contribution in [-0.2, 0) is 7.05 Å². The predicted molar refractivity (Wildman–Crippen MR) is 101 cm³/mol. The Bertz CT molecular complexity index is 1280. The number of hydrogen-bond donors (Lipinski definition) is 3. The molecular weight excluding hydrogens is 380 g/mol. The molecule has 8 nitrogen and oxygen atoms in total. The minimum Gasteiger partial charge on any atom is -0.320 e. The van der Waals surface area contributed by atoms with Gasteiger partial charge in [0.15, 0.2) is 0 Å². The van der Waals surface area contributed by atoms with Gasteiger partial charge in [0.1, 0.15) is 23.8 Å². The number of benzene rings is 2. The predicted octanol–water partition coefficient (Wildman–Crippen LogP) is 2.13. The summed E-state index contributed by atoms with van der Waals surface area (Å²) in [6, 6.07) is 8.03. The average molecular weight is 395 g/mol. The average Bonchev–Trinajstić information content (AvgIpc) is 3.05. The van der Waals surface area contributed by atoms with Gasteiger partial charge in [-0.25, -0.2) is 24.3 Å². The molecule has 2 aromatic carbocycles. The maximum absolute atomic E-state index is 14.1. The van der Waals surface area contributed by atoms with Crippen LogP contribution >= 0.6 is 0 Å². The van der Waals surface area contributed by atoms with Crippen LogP contribution in [0.25, 0.3) is 10.8 Å². The molecule has 1 aliphatic heterocycles. The topological polar surface area (TPSA) is 101 Å². The van der Waals surface area contributed by atoms with Crippen LogP contribution in [0.15, 0.2) is 47.5 Å². The normalized spacial score (nSPS) is 18.4. The molecule has 0 saturated heterocycles. The number of aromatic amines is 1. The molecule has 0 amide bonds. The van der Waals surface area contributed by atoms with Crippen LogP contribution in [0.4, 0.5) is 14.5 Å². The van der Waals surface area contributed by atoms with E-state index in [1.54, 1.807) is 23.9 Å². The molecule has 3 heterocycles. The summed E-state index contributed by atoms with van der Waals surface area (Å²) in [5, 5.41) is 11.6. The van der Waals surface area contributed by atoms with Crippen LogP contribution in [0.3, 0.4) is 0 Å². The number of halogens is 2. The van der Waals surface area contributed by atoms with E-state index in [9.17, 15) is 13.6 Å². The van der Waals surface area contributed by atoms with E-state index in [0.29, 0.717) is 22.6 Å². The lowest BCUT2D eigenvalue weighted by atomic mass is 9.88. The van der Waals surface area contributed by atoms with Gasteiger partial charge in [0.05, 0.1) is 28.7 Å². The van der Waals surface area contributed by atoms with Crippen LogP contribution in [0.2, 0.25) is 0 Å². The van der Waals surface area contributed by atoms with Crippen LogP contribution in [0.1, 0.15) is 29.0 Å². The Kier molecular flexibility index (Phi) is 3.88. The van der Waals surface area contributed by atoms with E-state index in [0.717, 1.165) is 5.56 Å². The van der Waals surface area contributed by atoms with Gasteiger partial charge in [0.25, 0.3) is 5.56 Å². The fourth-order valence-corrected chi connectivity index (χ4v) is 3.81. The van der Waals surface area contributed by atoms with Gasteiger partial charge in [-0.1, -0.05) is 12.1 Å². The first kappa shape index (κ1) is 17.4. The van der Waals surface area contributed by atoms with E-state index in [2.05, 4.69) is 31.1 Å². The molecule has 0 radical (unpaired) electrons. The molecule has 2 unspecified atom stereocenters. The monoisotopic (exact) mass is 395 g/mol. The van der Waals surface area contributed by atoms with E-state index < -0.39 is 23.3 Å². The maximum atomic E-state index is 14.1. The number of aromatic nitrogens is 5. The molecule has 0 aliphatic carbocycles. The van der Waals surface area contributed by atoms with Gasteiger partial charge in [-0.05, 0) is 29.8 Å². The van der Waals surface area contributed by atoms with Crippen molar-refractivity contribution in [2.45, 2.75) is 12.0 Å². The first-order valence-electron chi connectivity index (χ1n) is 8.85. The standard InChI is InChI=1S/C19H15F2N7O/c1-28-18(22-8-23-28)15-16(9-2-4-10(20)5-3-9)25-24-13-7-11(21)6-12-14(13)17(15)26-27-19(12)29/h2-8,15-16,24-25H,1H3,(H,27,29). The Morgan fingerprint density at radius 1 is 1.10 bits per heavy atom. The van der Waals surface area contributed by atoms with Crippen molar-refractivity contribution in [2.75, 3.05) is 5.43 Å². The molecular formula is C19H15F2N7O. The second-order valence-corrected chi connectivity index (χ2v) is 6.83. The summed E-state index contributed by atoms with van der Waals surface area (Å²) >= 11 is 0. The van der Waals surface area contributed by atoms with Gasteiger partial charge in [0, 0.05) is 12.4 Å². The fourth-order valence-electron chi connectivity index (χ4n) is 3.81. The van der Waals surface area contributed by atoms with Crippen molar-refractivity contribution in [1.82, 2.24) is 30.4 Å². The van der Waals surface area contributed by atoms with Crippen molar-refractivity contribution in [3.8, 4) is 0 Å². The molecule has 1 aliphatic rings. The van der Waals surface area contributed by atoms with Crippen LogP contribution < -0.4 is 16.4 Å². The number of nitrogens with one attached hydrogen (secondary N) is 3. The minimum absolute atomic E-state index is 0.172. The summed E-state index contributed by atoms with van der Waals surface area (Å²) in [5.41, 5.74) is 7.29. The Morgan fingerprint density at radius 3 is 2.62 bits per heavy atom. The summed E-state index contributed by atoms with van der Waals surface area (Å²) in [6.07, 6.45) is 1.42. The SMILES string of the molecule is Cn1ncnc1C1c2n[nH]c(=O)c3cc(F)cc(c23)NNC1c1ccc(F)cc1. The number of hydrazine groups is 1. The number of hydrogen-bond acceptors (Lipinski definition) is 6. The summed E-state index contributed by atoms with van der Waals surface area (Å²) < 4.78 is 29.3. The molecule has 0 spiro atoms. The third-order valence-electron chi connectivity index (χ3n) is 5.13. The van der Waals surface area contributed by atoms with Gasteiger partial charge in [0.2, 0.25) is 0 Å². The van der Waals surface area contributed by atoms with E-state index in [1.807, 2.05) is 0 Å². The van der Waals surface area contributed by atoms with Gasteiger partial charge < -0.3 is 5.43 Å². The lowest BCUT2D eigenvalue weighted by molar-refractivity contribution is 0.486. The Hall–Kier alpha value is -3.66. The van der Waals surface area contributed by atoms with Crippen molar-refractivity contribution in [1.29, 1.82) is 0 Å². The highest BCUT2D eigenvalue weighted by Crippen LogP contribution is 2.41. The maximum Gasteiger partial charge on any atom is 0.272 e. The molecule has 2 atom stereocenters. The van der Waals surface area contributed by atoms with Crippen LogP contribution in [0, 0.1) is 11.6 Å². The zero-order valence-corrected chi connectivity index (χ0v) is 15.1. The molecule has 4 aromatic rings. The summed E-state index contributed by atoms with van der Waals surface area (Å²) in [4.78, 5) is 16.7. The van der Waals surface area contributed by atoms with Crippen molar-refractivity contribution in [2.24, 2.45) is 7.05 Å². The fraction of sp³-hybridized carbons (Fsp3) is 0.158. The highest BCUT2D eigenvalue weighted by atomic mass is 19.1. The first-order valence-corrected chi connectivity index (χ1v) is 8.85. The largest absolute Gasteiger partial charge is 0.320 e. The second-order valence-electron chi connectivity index (χ2n) is 6.83. The van der Waals surface area contributed by atoms with Crippen molar-refractivity contribution < 1.29 is 8.78 Å². The van der Waals surface area contributed by atoms with E-state index in [4.69, 9.17) is 0 Å². The summed E-state index contributed by atoms with van der Waals surface area (Å²) in [5.74, 6) is -0.849. The number of rotatable bonds is 2. The first-order chi connectivity index (χ1) is 14.0. The van der Waals surface area contributed by atoms with E-state index in [-0.39, 0.29) is 11.2 Å². The van der Waals surface area contributed by atoms with Crippen LogP contribution in [-0.4, -0.2) is 25.0 Å². The molecule has 3 N–H and O–H groups in total. The zero-order chi connectivity index (χ0) is 20.1. The molecule has 0 saturated carbocycles. The lowest BCUT2D eigenvalue weighted by Gasteiger charge is -2.25. The molecule has 146 valence electrons. The lowest BCUT2D eigenvalue weighted by Crippen LogP contribution is -2.32. The Morgan fingerprint density at radius 2 is 1.90 bits per heavy atom. The molecule has 5 rings (SSSR count). The number of H-pyrrole nitrogens is 1. The van der Waals surface area contributed by atoms with E-state index in [1.165, 1.54) is 30.6 Å². The third-order valence-corrected chi connectivity index (χ3v) is 5.13. The van der Waals surface area contributed by atoms with Gasteiger partial charge in [-0.15, -0.1) is 0 Å². The number of anilines is 1. The quantitative estimate of drug-likeness (QED) is 0.481. The zero-order valence-electron chi connectivity index (χ0n) is 15.1. The second kappa shape index (κ2) is 6.45. The molecule has 2 aromatic heterocycles. The van der Waals surface area contributed by atoms with Gasteiger partial charge in [-0.3, -0.25) is 9.48 Å². The van der Waals surface area contributed by atoms with Crippen molar-refractivity contribution in [3.63, 3.8) is 0 Å². The minimum atomic E-state index is -0.556. The molecule has 29 heavy (non-hydrogen) atoms. The summed E-state index contributed by atoms with van der Waals surface area (Å²) in [7, 11) is 1.75. The molecule has 10 heteroatoms. The van der Waals surface area contributed by atoms with E-state index >= 15 is 0 Å². The molecule has 0 fully saturated rings. The Labute approximate surface area is 162 Å². The molecule has 0 bridgehead atoms. The third kappa shape index (κ3) is 2.76. The highest BCUT2D eigenvalue weighted by Gasteiger charge is 2.36. The van der Waals surface area contributed by atoms with Crippen molar-refractivity contribution >= 4 is 16.5 Å². The number of aryl methyl sites for hydroxylation is 1.